The van der Waals surface area contributed by atoms with E-state index in [4.69, 9.17) is 11.6 Å². The van der Waals surface area contributed by atoms with Crippen LogP contribution in [0, 0.1) is 13.8 Å². The van der Waals surface area contributed by atoms with E-state index in [-0.39, 0.29) is 18.0 Å². The lowest BCUT2D eigenvalue weighted by molar-refractivity contribution is -0.116. The SMILES string of the molecule is Cc1ccc(NC(=O)Cn2ccc(C)cc2=O)c(Cl)c1. The summed E-state index contributed by atoms with van der Waals surface area (Å²) < 4.78 is 1.35. The average Bonchev–Trinajstić information content (AvgIpc) is 2.36. The number of hydrogen-bond acceptors (Lipinski definition) is 2. The Hall–Kier alpha value is -2.07. The fourth-order valence-electron chi connectivity index (χ4n) is 1.80. The monoisotopic (exact) mass is 290 g/mol. The molecule has 0 aliphatic carbocycles. The van der Waals surface area contributed by atoms with Gasteiger partial charge in [0, 0.05) is 12.3 Å². The fraction of sp³-hybridized carbons (Fsp3) is 0.200. The standard InChI is InChI=1S/C15H15ClN2O2/c1-10-3-4-13(12(16)7-10)17-14(19)9-18-6-5-11(2)8-15(18)20/h3-8H,9H2,1-2H3,(H,17,19). The van der Waals surface area contributed by atoms with Gasteiger partial charge in [-0.25, -0.2) is 0 Å². The van der Waals surface area contributed by atoms with Crippen molar-refractivity contribution in [3.8, 4) is 0 Å². The van der Waals surface area contributed by atoms with Gasteiger partial charge >= 0.3 is 0 Å². The first-order valence-corrected chi connectivity index (χ1v) is 6.56. The maximum atomic E-state index is 11.9. The Labute approximate surface area is 122 Å². The molecule has 0 aliphatic heterocycles. The minimum Gasteiger partial charge on any atom is -0.323 e. The number of amides is 1. The second kappa shape index (κ2) is 5.92. The molecule has 0 atom stereocenters. The second-order valence-corrected chi connectivity index (χ2v) is 5.11. The highest BCUT2D eigenvalue weighted by atomic mass is 35.5. The number of nitrogens with zero attached hydrogens (tertiary/aromatic N) is 1. The lowest BCUT2D eigenvalue weighted by atomic mass is 10.2. The van der Waals surface area contributed by atoms with E-state index in [9.17, 15) is 9.59 Å². The normalized spacial score (nSPS) is 10.3. The highest BCUT2D eigenvalue weighted by molar-refractivity contribution is 6.33. The van der Waals surface area contributed by atoms with Crippen molar-refractivity contribution in [3.63, 3.8) is 0 Å². The lowest BCUT2D eigenvalue weighted by Crippen LogP contribution is -2.26. The van der Waals surface area contributed by atoms with Crippen LogP contribution in [0.1, 0.15) is 11.1 Å². The highest BCUT2D eigenvalue weighted by Crippen LogP contribution is 2.22. The molecule has 0 bridgehead atoms. The van der Waals surface area contributed by atoms with Crippen molar-refractivity contribution in [2.75, 3.05) is 5.32 Å². The summed E-state index contributed by atoms with van der Waals surface area (Å²) in [5.74, 6) is -0.290. The summed E-state index contributed by atoms with van der Waals surface area (Å²) in [6.45, 7) is 3.71. The van der Waals surface area contributed by atoms with E-state index in [2.05, 4.69) is 5.32 Å². The van der Waals surface area contributed by atoms with E-state index in [0.717, 1.165) is 11.1 Å². The van der Waals surface area contributed by atoms with Crippen LogP contribution in [0.4, 0.5) is 5.69 Å². The van der Waals surface area contributed by atoms with Crippen LogP contribution in [-0.2, 0) is 11.3 Å². The Bertz CT molecular complexity index is 707. The number of rotatable bonds is 3. The zero-order chi connectivity index (χ0) is 14.7. The molecule has 0 unspecified atom stereocenters. The van der Waals surface area contributed by atoms with Crippen LogP contribution in [0.25, 0.3) is 0 Å². The van der Waals surface area contributed by atoms with Crippen LogP contribution >= 0.6 is 11.6 Å². The summed E-state index contributed by atoms with van der Waals surface area (Å²) in [5.41, 5.74) is 2.23. The minimum absolute atomic E-state index is 0.0384. The molecule has 20 heavy (non-hydrogen) atoms. The summed E-state index contributed by atoms with van der Waals surface area (Å²) in [6, 6.07) is 8.65. The van der Waals surface area contributed by atoms with Crippen LogP contribution in [0.2, 0.25) is 5.02 Å². The van der Waals surface area contributed by atoms with Crippen molar-refractivity contribution in [2.45, 2.75) is 20.4 Å². The Morgan fingerprint density at radius 3 is 2.55 bits per heavy atom. The fourth-order valence-corrected chi connectivity index (χ4v) is 2.09. The molecule has 0 spiro atoms. The van der Waals surface area contributed by atoms with Crippen LogP contribution in [0.3, 0.4) is 0 Å². The summed E-state index contributed by atoms with van der Waals surface area (Å²) >= 11 is 6.05. The molecule has 1 aromatic carbocycles. The largest absolute Gasteiger partial charge is 0.323 e. The zero-order valence-corrected chi connectivity index (χ0v) is 12.1. The van der Waals surface area contributed by atoms with E-state index in [1.165, 1.54) is 10.6 Å². The molecular formula is C15H15ClN2O2. The van der Waals surface area contributed by atoms with Crippen LogP contribution in [0.5, 0.6) is 0 Å². The Kier molecular flexibility index (Phi) is 4.25. The molecular weight excluding hydrogens is 276 g/mol. The molecule has 0 saturated carbocycles. The van der Waals surface area contributed by atoms with E-state index in [0.29, 0.717) is 10.7 Å². The minimum atomic E-state index is -0.290. The molecule has 0 saturated heterocycles. The number of halogens is 1. The molecule has 5 heteroatoms. The van der Waals surface area contributed by atoms with Gasteiger partial charge in [0.1, 0.15) is 6.54 Å². The molecule has 2 aromatic rings. The van der Waals surface area contributed by atoms with Crippen molar-refractivity contribution in [1.29, 1.82) is 0 Å². The van der Waals surface area contributed by atoms with E-state index < -0.39 is 0 Å². The van der Waals surface area contributed by atoms with Crippen LogP contribution in [0.15, 0.2) is 41.3 Å². The van der Waals surface area contributed by atoms with Gasteiger partial charge in [0.15, 0.2) is 0 Å². The number of hydrogen-bond donors (Lipinski definition) is 1. The van der Waals surface area contributed by atoms with Crippen LogP contribution in [-0.4, -0.2) is 10.5 Å². The van der Waals surface area contributed by atoms with Crippen molar-refractivity contribution in [1.82, 2.24) is 4.57 Å². The topological polar surface area (TPSA) is 51.1 Å². The molecule has 0 aliphatic rings. The summed E-state index contributed by atoms with van der Waals surface area (Å²) in [5, 5.41) is 3.18. The Balaban J connectivity index is 2.11. The molecule has 1 amide bonds. The number of benzene rings is 1. The van der Waals surface area contributed by atoms with Gasteiger partial charge in [0.2, 0.25) is 5.91 Å². The van der Waals surface area contributed by atoms with Gasteiger partial charge in [-0.15, -0.1) is 0 Å². The van der Waals surface area contributed by atoms with Gasteiger partial charge in [0.25, 0.3) is 5.56 Å². The first-order valence-electron chi connectivity index (χ1n) is 6.19. The molecule has 0 fully saturated rings. The second-order valence-electron chi connectivity index (χ2n) is 4.70. The van der Waals surface area contributed by atoms with Crippen molar-refractivity contribution < 1.29 is 4.79 Å². The smallest absolute Gasteiger partial charge is 0.251 e. The molecule has 2 rings (SSSR count). The van der Waals surface area contributed by atoms with Gasteiger partial charge in [-0.1, -0.05) is 17.7 Å². The predicted octanol–water partition coefficient (Wildman–Crippen LogP) is 2.76. The first-order chi connectivity index (χ1) is 9.45. The molecule has 1 N–H and O–H groups in total. The molecule has 1 aromatic heterocycles. The summed E-state index contributed by atoms with van der Waals surface area (Å²) in [4.78, 5) is 23.6. The number of aryl methyl sites for hydroxylation is 2. The summed E-state index contributed by atoms with van der Waals surface area (Å²) in [6.07, 6.45) is 1.61. The van der Waals surface area contributed by atoms with Gasteiger partial charge < -0.3 is 9.88 Å². The third-order valence-electron chi connectivity index (χ3n) is 2.86. The van der Waals surface area contributed by atoms with Gasteiger partial charge in [0.05, 0.1) is 10.7 Å². The van der Waals surface area contributed by atoms with Crippen LogP contribution < -0.4 is 10.9 Å². The van der Waals surface area contributed by atoms with Gasteiger partial charge in [-0.3, -0.25) is 9.59 Å². The number of nitrogens with one attached hydrogen (secondary N) is 1. The molecule has 0 radical (unpaired) electrons. The zero-order valence-electron chi connectivity index (χ0n) is 11.3. The maximum Gasteiger partial charge on any atom is 0.251 e. The molecule has 4 nitrogen and oxygen atoms in total. The Morgan fingerprint density at radius 1 is 1.20 bits per heavy atom. The predicted molar refractivity (Wildman–Crippen MR) is 80.3 cm³/mol. The number of aromatic nitrogens is 1. The quantitative estimate of drug-likeness (QED) is 0.945. The lowest BCUT2D eigenvalue weighted by Gasteiger charge is -2.09. The highest BCUT2D eigenvalue weighted by Gasteiger charge is 2.07. The number of anilines is 1. The third-order valence-corrected chi connectivity index (χ3v) is 3.18. The van der Waals surface area contributed by atoms with Crippen molar-refractivity contribution in [3.05, 3.63) is 63.0 Å². The first kappa shape index (κ1) is 14.3. The van der Waals surface area contributed by atoms with E-state index in [1.807, 2.05) is 19.9 Å². The number of carbonyl (C=O) groups excluding carboxylic acids is 1. The van der Waals surface area contributed by atoms with E-state index >= 15 is 0 Å². The molecule has 104 valence electrons. The van der Waals surface area contributed by atoms with Crippen molar-refractivity contribution in [2.24, 2.45) is 0 Å². The van der Waals surface area contributed by atoms with E-state index in [1.54, 1.807) is 24.4 Å². The number of pyridine rings is 1. The molecule has 1 heterocycles. The number of carbonyl (C=O) groups is 1. The average molecular weight is 291 g/mol. The Morgan fingerprint density at radius 2 is 1.90 bits per heavy atom. The summed E-state index contributed by atoms with van der Waals surface area (Å²) in [7, 11) is 0. The third kappa shape index (κ3) is 3.48. The van der Waals surface area contributed by atoms with Gasteiger partial charge in [-0.2, -0.15) is 0 Å². The van der Waals surface area contributed by atoms with Gasteiger partial charge in [-0.05, 0) is 43.2 Å². The maximum absolute atomic E-state index is 11.9. The van der Waals surface area contributed by atoms with Crippen molar-refractivity contribution >= 4 is 23.2 Å².